The highest BCUT2D eigenvalue weighted by Crippen LogP contribution is 2.30. The first kappa shape index (κ1) is 16.3. The SMILES string of the molecule is COc1cc2c(cc1CNC(=O)[C@@H]1CN(C)CC[C@H]1O)CCC2. The number of aryl methyl sites for hydroxylation is 2. The van der Waals surface area contributed by atoms with Gasteiger partial charge in [0.15, 0.2) is 0 Å². The van der Waals surface area contributed by atoms with E-state index >= 15 is 0 Å². The number of rotatable bonds is 4. The van der Waals surface area contributed by atoms with Crippen molar-refractivity contribution in [3.63, 3.8) is 0 Å². The fourth-order valence-electron chi connectivity index (χ4n) is 3.65. The quantitative estimate of drug-likeness (QED) is 0.873. The lowest BCUT2D eigenvalue weighted by Crippen LogP contribution is -2.48. The number of aliphatic hydroxyl groups is 1. The molecule has 0 bridgehead atoms. The predicted molar refractivity (Wildman–Crippen MR) is 88.5 cm³/mol. The maximum absolute atomic E-state index is 12.4. The van der Waals surface area contributed by atoms with Crippen molar-refractivity contribution in [2.45, 2.75) is 38.3 Å². The van der Waals surface area contributed by atoms with Crippen molar-refractivity contribution in [2.24, 2.45) is 5.92 Å². The predicted octanol–water partition coefficient (Wildman–Crippen LogP) is 1.11. The minimum absolute atomic E-state index is 0.0772. The Balaban J connectivity index is 1.67. The van der Waals surface area contributed by atoms with E-state index in [0.717, 1.165) is 30.7 Å². The van der Waals surface area contributed by atoms with Gasteiger partial charge in [0.1, 0.15) is 5.75 Å². The molecule has 1 aliphatic carbocycles. The summed E-state index contributed by atoms with van der Waals surface area (Å²) in [6, 6.07) is 4.26. The van der Waals surface area contributed by atoms with Crippen LogP contribution in [0.25, 0.3) is 0 Å². The highest BCUT2D eigenvalue weighted by molar-refractivity contribution is 5.79. The number of aliphatic hydroxyl groups excluding tert-OH is 1. The summed E-state index contributed by atoms with van der Waals surface area (Å²) in [5.41, 5.74) is 3.74. The van der Waals surface area contributed by atoms with Gasteiger partial charge in [0, 0.05) is 25.2 Å². The summed E-state index contributed by atoms with van der Waals surface area (Å²) in [5, 5.41) is 13.0. The fourth-order valence-corrected chi connectivity index (χ4v) is 3.65. The first-order valence-corrected chi connectivity index (χ1v) is 8.41. The number of benzene rings is 1. The van der Waals surface area contributed by atoms with E-state index in [4.69, 9.17) is 4.74 Å². The van der Waals surface area contributed by atoms with Crippen molar-refractivity contribution in [1.82, 2.24) is 10.2 Å². The Morgan fingerprint density at radius 1 is 1.39 bits per heavy atom. The van der Waals surface area contributed by atoms with Gasteiger partial charge in [-0.1, -0.05) is 6.07 Å². The van der Waals surface area contributed by atoms with E-state index in [9.17, 15) is 9.90 Å². The maximum Gasteiger partial charge on any atom is 0.227 e. The molecule has 23 heavy (non-hydrogen) atoms. The summed E-state index contributed by atoms with van der Waals surface area (Å²) in [4.78, 5) is 14.5. The van der Waals surface area contributed by atoms with E-state index < -0.39 is 6.10 Å². The standard InChI is InChI=1S/C18H26N2O3/c1-20-7-6-16(21)15(11-20)18(22)19-10-14-8-12-4-3-5-13(12)9-17(14)23-2/h8-9,15-16,21H,3-7,10-11H2,1-2H3,(H,19,22)/t15-,16-/m1/s1. The molecule has 1 amide bonds. The zero-order valence-corrected chi connectivity index (χ0v) is 14.0. The van der Waals surface area contributed by atoms with Crippen LogP contribution in [0.2, 0.25) is 0 Å². The third kappa shape index (κ3) is 3.51. The molecule has 0 saturated carbocycles. The van der Waals surface area contributed by atoms with Gasteiger partial charge in [-0.3, -0.25) is 4.79 Å². The second kappa shape index (κ2) is 6.89. The minimum atomic E-state index is -0.548. The molecule has 5 heteroatoms. The molecule has 5 nitrogen and oxygen atoms in total. The average molecular weight is 318 g/mol. The molecule has 0 spiro atoms. The lowest BCUT2D eigenvalue weighted by atomic mass is 9.94. The lowest BCUT2D eigenvalue weighted by Gasteiger charge is -2.32. The van der Waals surface area contributed by atoms with Crippen LogP contribution in [0, 0.1) is 5.92 Å². The van der Waals surface area contributed by atoms with Crippen LogP contribution in [0.3, 0.4) is 0 Å². The normalized spacial score (nSPS) is 24.3. The highest BCUT2D eigenvalue weighted by atomic mass is 16.5. The van der Waals surface area contributed by atoms with Gasteiger partial charge in [-0.05, 0) is 49.9 Å². The molecule has 1 fully saturated rings. The number of carbonyl (C=O) groups excluding carboxylic acids is 1. The van der Waals surface area contributed by atoms with Crippen molar-refractivity contribution >= 4 is 5.91 Å². The van der Waals surface area contributed by atoms with Gasteiger partial charge in [-0.15, -0.1) is 0 Å². The number of hydrogen-bond acceptors (Lipinski definition) is 4. The van der Waals surface area contributed by atoms with Crippen molar-refractivity contribution in [3.8, 4) is 5.75 Å². The number of methoxy groups -OCH3 is 1. The van der Waals surface area contributed by atoms with Crippen LogP contribution in [0.1, 0.15) is 29.5 Å². The van der Waals surface area contributed by atoms with Crippen LogP contribution < -0.4 is 10.1 Å². The van der Waals surface area contributed by atoms with Crippen LogP contribution in [-0.2, 0) is 24.2 Å². The highest BCUT2D eigenvalue weighted by Gasteiger charge is 2.31. The van der Waals surface area contributed by atoms with E-state index in [2.05, 4.69) is 22.3 Å². The summed E-state index contributed by atoms with van der Waals surface area (Å²) in [5.74, 6) is 0.410. The zero-order valence-electron chi connectivity index (χ0n) is 14.0. The van der Waals surface area contributed by atoms with Crippen molar-refractivity contribution in [3.05, 3.63) is 28.8 Å². The van der Waals surface area contributed by atoms with Crippen molar-refractivity contribution < 1.29 is 14.6 Å². The molecular formula is C18H26N2O3. The lowest BCUT2D eigenvalue weighted by molar-refractivity contribution is -0.131. The van der Waals surface area contributed by atoms with Crippen LogP contribution in [0.5, 0.6) is 5.75 Å². The molecule has 126 valence electrons. The van der Waals surface area contributed by atoms with Gasteiger partial charge in [-0.25, -0.2) is 0 Å². The summed E-state index contributed by atoms with van der Waals surface area (Å²) >= 11 is 0. The van der Waals surface area contributed by atoms with E-state index in [1.54, 1.807) is 7.11 Å². The van der Waals surface area contributed by atoms with Gasteiger partial charge in [-0.2, -0.15) is 0 Å². The fraction of sp³-hybridized carbons (Fsp3) is 0.611. The Labute approximate surface area is 137 Å². The van der Waals surface area contributed by atoms with Crippen LogP contribution >= 0.6 is 0 Å². The molecule has 0 unspecified atom stereocenters. The molecule has 0 aromatic heterocycles. The number of nitrogens with one attached hydrogen (secondary N) is 1. The Morgan fingerprint density at radius 2 is 2.13 bits per heavy atom. The first-order chi connectivity index (χ1) is 11.1. The number of carbonyl (C=O) groups is 1. The van der Waals surface area contributed by atoms with Gasteiger partial charge in [0.05, 0.1) is 19.1 Å². The van der Waals surface area contributed by atoms with Gasteiger partial charge in [0.25, 0.3) is 0 Å². The molecule has 2 atom stereocenters. The smallest absolute Gasteiger partial charge is 0.227 e. The van der Waals surface area contributed by atoms with Crippen LogP contribution in [0.4, 0.5) is 0 Å². The Kier molecular flexibility index (Phi) is 4.87. The van der Waals surface area contributed by atoms with E-state index in [1.807, 2.05) is 7.05 Å². The Hall–Kier alpha value is -1.59. The second-order valence-corrected chi connectivity index (χ2v) is 6.73. The van der Waals surface area contributed by atoms with Crippen LogP contribution in [-0.4, -0.2) is 49.3 Å². The zero-order chi connectivity index (χ0) is 16.4. The number of likely N-dealkylation sites (tertiary alicyclic amines) is 1. The average Bonchev–Trinajstić information content (AvgIpc) is 3.01. The molecule has 3 rings (SSSR count). The summed E-state index contributed by atoms with van der Waals surface area (Å²) in [7, 11) is 3.65. The molecule has 1 aromatic rings. The van der Waals surface area contributed by atoms with Crippen molar-refractivity contribution in [1.29, 1.82) is 0 Å². The number of amides is 1. The van der Waals surface area contributed by atoms with Crippen LogP contribution in [0.15, 0.2) is 12.1 Å². The van der Waals surface area contributed by atoms with E-state index in [-0.39, 0.29) is 11.8 Å². The molecular weight excluding hydrogens is 292 g/mol. The number of piperidine rings is 1. The number of nitrogens with zero attached hydrogens (tertiary/aromatic N) is 1. The Morgan fingerprint density at radius 3 is 2.87 bits per heavy atom. The topological polar surface area (TPSA) is 61.8 Å². The molecule has 1 aliphatic heterocycles. The Bertz CT molecular complexity index is 588. The number of fused-ring (bicyclic) bond motifs is 1. The van der Waals surface area contributed by atoms with Crippen molar-refractivity contribution in [2.75, 3.05) is 27.2 Å². The molecule has 2 aliphatic rings. The molecule has 1 aromatic carbocycles. The van der Waals surface area contributed by atoms with E-state index in [1.165, 1.54) is 17.5 Å². The van der Waals surface area contributed by atoms with E-state index in [0.29, 0.717) is 19.5 Å². The third-order valence-corrected chi connectivity index (χ3v) is 5.06. The third-order valence-electron chi connectivity index (χ3n) is 5.06. The second-order valence-electron chi connectivity index (χ2n) is 6.73. The summed E-state index contributed by atoms with van der Waals surface area (Å²) < 4.78 is 5.48. The van der Waals surface area contributed by atoms with Gasteiger partial charge >= 0.3 is 0 Å². The molecule has 0 radical (unpaired) electrons. The minimum Gasteiger partial charge on any atom is -0.496 e. The first-order valence-electron chi connectivity index (χ1n) is 8.41. The molecule has 1 saturated heterocycles. The maximum atomic E-state index is 12.4. The summed E-state index contributed by atoms with van der Waals surface area (Å²) in [6.45, 7) is 1.89. The van der Waals surface area contributed by atoms with Gasteiger partial charge in [0.2, 0.25) is 5.91 Å². The summed E-state index contributed by atoms with van der Waals surface area (Å²) in [6.07, 6.45) is 3.50. The largest absolute Gasteiger partial charge is 0.496 e. The monoisotopic (exact) mass is 318 g/mol. The molecule has 2 N–H and O–H groups in total. The van der Waals surface area contributed by atoms with Gasteiger partial charge < -0.3 is 20.1 Å². The molecule has 1 heterocycles. The number of hydrogen-bond donors (Lipinski definition) is 2. The number of ether oxygens (including phenoxy) is 1.